The molecule has 0 saturated carbocycles. The van der Waals surface area contributed by atoms with E-state index in [2.05, 4.69) is 6.92 Å². The fraction of sp³-hybridized carbons (Fsp3) is 0.875. The molecule has 0 aromatic rings. The van der Waals surface area contributed by atoms with Crippen LogP contribution in [0.15, 0.2) is 0 Å². The molecule has 0 aliphatic carbocycles. The van der Waals surface area contributed by atoms with Crippen LogP contribution in [0.4, 0.5) is 0 Å². The van der Waals surface area contributed by atoms with Crippen molar-refractivity contribution < 1.29 is 9.59 Å². The lowest BCUT2D eigenvalue weighted by molar-refractivity contribution is -0.149. The predicted octanol–water partition coefficient (Wildman–Crippen LogP) is 1.64. The molecule has 2 heterocycles. The molecule has 0 aromatic carbocycles. The lowest BCUT2D eigenvalue weighted by Gasteiger charge is -2.38. The number of amides is 2. The van der Waals surface area contributed by atoms with E-state index < -0.39 is 0 Å². The molecule has 2 atom stereocenters. The van der Waals surface area contributed by atoms with E-state index in [4.69, 9.17) is 5.73 Å². The minimum absolute atomic E-state index is 0. The molecular weight excluding hydrogens is 302 g/mol. The third kappa shape index (κ3) is 3.93. The molecule has 22 heavy (non-hydrogen) atoms. The highest BCUT2D eigenvalue weighted by Crippen LogP contribution is 2.30. The summed E-state index contributed by atoms with van der Waals surface area (Å²) in [7, 11) is 0. The van der Waals surface area contributed by atoms with Gasteiger partial charge < -0.3 is 15.5 Å². The Kier molecular flexibility index (Phi) is 6.68. The predicted molar refractivity (Wildman–Crippen MR) is 89.8 cm³/mol. The number of carbonyl (C=O) groups excluding carboxylic acids is 2. The average Bonchev–Trinajstić information content (AvgIpc) is 2.89. The van der Waals surface area contributed by atoms with E-state index in [1.54, 1.807) is 0 Å². The van der Waals surface area contributed by atoms with Gasteiger partial charge in [0.1, 0.15) is 6.04 Å². The smallest absolute Gasteiger partial charge is 0.245 e. The highest BCUT2D eigenvalue weighted by molar-refractivity contribution is 5.88. The maximum absolute atomic E-state index is 12.8. The van der Waals surface area contributed by atoms with Crippen molar-refractivity contribution in [1.82, 2.24) is 9.80 Å². The van der Waals surface area contributed by atoms with Crippen molar-refractivity contribution in [1.29, 1.82) is 0 Å². The lowest BCUT2D eigenvalue weighted by atomic mass is 9.90. The third-order valence-electron chi connectivity index (χ3n) is 4.93. The van der Waals surface area contributed by atoms with Crippen LogP contribution < -0.4 is 5.73 Å². The molecule has 2 rings (SSSR count). The lowest BCUT2D eigenvalue weighted by Crippen LogP contribution is -2.54. The summed E-state index contributed by atoms with van der Waals surface area (Å²) in [5, 5.41) is 0. The van der Waals surface area contributed by atoms with Crippen molar-refractivity contribution in [3.63, 3.8) is 0 Å². The number of halogens is 1. The minimum Gasteiger partial charge on any atom is -0.340 e. The summed E-state index contributed by atoms with van der Waals surface area (Å²) in [6.45, 7) is 8.76. The van der Waals surface area contributed by atoms with Gasteiger partial charge in [0.25, 0.3) is 0 Å². The first-order valence-electron chi connectivity index (χ1n) is 8.17. The first kappa shape index (κ1) is 19.2. The number of carbonyl (C=O) groups is 2. The van der Waals surface area contributed by atoms with Crippen LogP contribution in [0.1, 0.15) is 46.5 Å². The monoisotopic (exact) mass is 331 g/mol. The van der Waals surface area contributed by atoms with Crippen LogP contribution in [0.2, 0.25) is 0 Å². The van der Waals surface area contributed by atoms with E-state index in [0.717, 1.165) is 45.3 Å². The Hall–Kier alpha value is -0.810. The molecule has 2 fully saturated rings. The van der Waals surface area contributed by atoms with Crippen LogP contribution in [0, 0.1) is 11.3 Å². The second kappa shape index (κ2) is 7.64. The Morgan fingerprint density at radius 1 is 1.27 bits per heavy atom. The number of hydrogen-bond donors (Lipinski definition) is 1. The van der Waals surface area contributed by atoms with Crippen molar-refractivity contribution in [3.05, 3.63) is 0 Å². The fourth-order valence-electron chi connectivity index (χ4n) is 3.37. The Morgan fingerprint density at radius 2 is 1.95 bits per heavy atom. The van der Waals surface area contributed by atoms with Gasteiger partial charge in [-0.25, -0.2) is 0 Å². The van der Waals surface area contributed by atoms with Crippen molar-refractivity contribution in [2.75, 3.05) is 26.2 Å². The Balaban J connectivity index is 0.00000242. The topological polar surface area (TPSA) is 66.6 Å². The van der Waals surface area contributed by atoms with E-state index in [-0.39, 0.29) is 41.6 Å². The van der Waals surface area contributed by atoms with Crippen molar-refractivity contribution >= 4 is 24.2 Å². The Morgan fingerprint density at radius 3 is 2.50 bits per heavy atom. The highest BCUT2D eigenvalue weighted by atomic mass is 35.5. The maximum atomic E-state index is 12.8. The number of rotatable bonds is 3. The molecule has 2 N–H and O–H groups in total. The summed E-state index contributed by atoms with van der Waals surface area (Å²) in [5.41, 5.74) is 5.86. The van der Waals surface area contributed by atoms with Gasteiger partial charge in [0, 0.05) is 25.6 Å². The van der Waals surface area contributed by atoms with E-state index >= 15 is 0 Å². The quantitative estimate of drug-likeness (QED) is 0.855. The molecule has 0 spiro atoms. The number of piperidine rings is 1. The zero-order valence-corrected chi connectivity index (χ0v) is 14.8. The average molecular weight is 332 g/mol. The molecular formula is C16H30ClN3O2. The molecule has 2 unspecified atom stereocenters. The van der Waals surface area contributed by atoms with Crippen LogP contribution in [0.5, 0.6) is 0 Å². The van der Waals surface area contributed by atoms with Crippen LogP contribution in [-0.2, 0) is 9.59 Å². The zero-order chi connectivity index (χ0) is 15.6. The van der Waals surface area contributed by atoms with Crippen LogP contribution in [-0.4, -0.2) is 53.8 Å². The van der Waals surface area contributed by atoms with Gasteiger partial charge in [-0.2, -0.15) is 0 Å². The highest BCUT2D eigenvalue weighted by Gasteiger charge is 2.40. The first-order chi connectivity index (χ1) is 9.88. The van der Waals surface area contributed by atoms with E-state index in [0.29, 0.717) is 6.54 Å². The molecule has 6 heteroatoms. The van der Waals surface area contributed by atoms with E-state index in [9.17, 15) is 9.59 Å². The SMILES string of the molecule is CC(C)C(=O)N1CCCCC1C(=O)N1CCC(C)(CN)C1.Cl. The molecule has 5 nitrogen and oxygen atoms in total. The van der Waals surface area contributed by atoms with Gasteiger partial charge in [-0.1, -0.05) is 20.8 Å². The summed E-state index contributed by atoms with van der Waals surface area (Å²) in [6.07, 6.45) is 3.79. The van der Waals surface area contributed by atoms with E-state index in [1.807, 2.05) is 23.6 Å². The molecule has 2 aliphatic heterocycles. The minimum atomic E-state index is -0.256. The van der Waals surface area contributed by atoms with Crippen molar-refractivity contribution in [3.8, 4) is 0 Å². The summed E-state index contributed by atoms with van der Waals surface area (Å²) in [6, 6.07) is -0.256. The van der Waals surface area contributed by atoms with Gasteiger partial charge in [0.2, 0.25) is 11.8 Å². The normalized spacial score (nSPS) is 28.7. The van der Waals surface area contributed by atoms with Gasteiger partial charge in [-0.15, -0.1) is 12.4 Å². The standard InChI is InChI=1S/C16H29N3O2.ClH/c1-12(2)14(20)19-8-5-4-6-13(19)15(21)18-9-7-16(3,10-17)11-18;/h12-13H,4-11,17H2,1-3H3;1H. The third-order valence-corrected chi connectivity index (χ3v) is 4.93. The Bertz CT molecular complexity index is 416. The molecule has 2 amide bonds. The summed E-state index contributed by atoms with van der Waals surface area (Å²) >= 11 is 0. The summed E-state index contributed by atoms with van der Waals surface area (Å²) in [5.74, 6) is 0.181. The molecule has 128 valence electrons. The Labute approximate surface area is 140 Å². The summed E-state index contributed by atoms with van der Waals surface area (Å²) in [4.78, 5) is 28.9. The number of nitrogens with two attached hydrogens (primary N) is 1. The largest absolute Gasteiger partial charge is 0.340 e. The molecule has 2 saturated heterocycles. The molecule has 0 aromatic heterocycles. The van der Waals surface area contributed by atoms with Gasteiger partial charge in [-0.05, 0) is 37.6 Å². The van der Waals surface area contributed by atoms with Gasteiger partial charge in [0.05, 0.1) is 0 Å². The maximum Gasteiger partial charge on any atom is 0.245 e. The number of nitrogens with zero attached hydrogens (tertiary/aromatic N) is 2. The van der Waals surface area contributed by atoms with Crippen molar-refractivity contribution in [2.24, 2.45) is 17.1 Å². The van der Waals surface area contributed by atoms with Crippen molar-refractivity contribution in [2.45, 2.75) is 52.5 Å². The molecule has 2 aliphatic rings. The zero-order valence-electron chi connectivity index (χ0n) is 14.0. The van der Waals surface area contributed by atoms with Crippen LogP contribution >= 0.6 is 12.4 Å². The van der Waals surface area contributed by atoms with Gasteiger partial charge >= 0.3 is 0 Å². The summed E-state index contributed by atoms with van der Waals surface area (Å²) < 4.78 is 0. The second-order valence-corrected chi connectivity index (χ2v) is 7.22. The first-order valence-corrected chi connectivity index (χ1v) is 8.17. The van der Waals surface area contributed by atoms with E-state index in [1.165, 1.54) is 0 Å². The van der Waals surface area contributed by atoms with Crippen LogP contribution in [0.25, 0.3) is 0 Å². The van der Waals surface area contributed by atoms with Gasteiger partial charge in [-0.3, -0.25) is 9.59 Å². The number of hydrogen-bond acceptors (Lipinski definition) is 3. The van der Waals surface area contributed by atoms with Gasteiger partial charge in [0.15, 0.2) is 0 Å². The fourth-order valence-corrected chi connectivity index (χ4v) is 3.37. The molecule has 0 bridgehead atoms. The second-order valence-electron chi connectivity index (χ2n) is 7.22. The molecule has 0 radical (unpaired) electrons. The number of likely N-dealkylation sites (tertiary alicyclic amines) is 2. The van der Waals surface area contributed by atoms with Crippen LogP contribution in [0.3, 0.4) is 0 Å².